The predicted octanol–water partition coefficient (Wildman–Crippen LogP) is 3.80. The van der Waals surface area contributed by atoms with Gasteiger partial charge < -0.3 is 19.6 Å². The lowest BCUT2D eigenvalue weighted by molar-refractivity contribution is -0.145. The number of carboxylic acids is 1. The molecule has 0 fully saturated rings. The normalized spacial score (nSPS) is 11.8. The number of aromatic amines is 1. The Morgan fingerprint density at radius 1 is 1.00 bits per heavy atom. The molecule has 7 heteroatoms. The Labute approximate surface area is 171 Å². The lowest BCUT2D eigenvalue weighted by Gasteiger charge is -2.18. The molecule has 2 N–H and O–H groups in total. The van der Waals surface area contributed by atoms with Crippen LogP contribution in [0.2, 0.25) is 0 Å². The Hall–Kier alpha value is -4.13. The molecule has 0 radical (unpaired) electrons. The first-order valence-electron chi connectivity index (χ1n) is 9.18. The van der Waals surface area contributed by atoms with E-state index in [1.54, 1.807) is 72.8 Å². The number of carbonyl (C=O) groups is 1. The van der Waals surface area contributed by atoms with Gasteiger partial charge in [-0.25, -0.2) is 9.78 Å². The number of H-pyrrole nitrogens is 1. The molecule has 0 spiro atoms. The highest BCUT2D eigenvalue weighted by Crippen LogP contribution is 2.34. The van der Waals surface area contributed by atoms with E-state index in [0.29, 0.717) is 33.6 Å². The SMILES string of the molecule is COc1ccc(-c2nc3ccccc3c(=O)[nH]2)cc1OC(C(=O)O)c1ccccc1. The smallest absolute Gasteiger partial charge is 0.349 e. The first-order valence-corrected chi connectivity index (χ1v) is 9.18. The molecule has 150 valence electrons. The molecule has 4 rings (SSSR count). The van der Waals surface area contributed by atoms with Crippen LogP contribution in [0.15, 0.2) is 77.6 Å². The van der Waals surface area contributed by atoms with Gasteiger partial charge in [0.25, 0.3) is 5.56 Å². The monoisotopic (exact) mass is 402 g/mol. The summed E-state index contributed by atoms with van der Waals surface area (Å²) in [6.07, 6.45) is -1.22. The van der Waals surface area contributed by atoms with Crippen LogP contribution in [0.5, 0.6) is 11.5 Å². The van der Waals surface area contributed by atoms with Crippen LogP contribution in [-0.4, -0.2) is 28.2 Å². The molecule has 1 unspecified atom stereocenters. The Balaban J connectivity index is 1.77. The minimum atomic E-state index is -1.22. The highest BCUT2D eigenvalue weighted by Gasteiger charge is 2.23. The summed E-state index contributed by atoms with van der Waals surface area (Å²) in [5.74, 6) is -0.199. The van der Waals surface area contributed by atoms with Crippen LogP contribution in [0.25, 0.3) is 22.3 Å². The number of ether oxygens (including phenoxy) is 2. The van der Waals surface area contributed by atoms with E-state index in [1.807, 2.05) is 0 Å². The van der Waals surface area contributed by atoms with Crippen molar-refractivity contribution in [1.29, 1.82) is 0 Å². The van der Waals surface area contributed by atoms with Crippen molar-refractivity contribution >= 4 is 16.9 Å². The molecule has 0 bridgehead atoms. The quantitative estimate of drug-likeness (QED) is 0.509. The summed E-state index contributed by atoms with van der Waals surface area (Å²) in [6.45, 7) is 0. The maximum atomic E-state index is 12.4. The van der Waals surface area contributed by atoms with Crippen molar-refractivity contribution < 1.29 is 19.4 Å². The molecule has 0 aliphatic rings. The van der Waals surface area contributed by atoms with Crippen LogP contribution in [0.4, 0.5) is 0 Å². The van der Waals surface area contributed by atoms with Crippen LogP contribution < -0.4 is 15.0 Å². The van der Waals surface area contributed by atoms with Crippen molar-refractivity contribution in [2.24, 2.45) is 0 Å². The van der Waals surface area contributed by atoms with Crippen molar-refractivity contribution in [1.82, 2.24) is 9.97 Å². The topological polar surface area (TPSA) is 102 Å². The van der Waals surface area contributed by atoms with E-state index in [2.05, 4.69) is 9.97 Å². The number of para-hydroxylation sites is 1. The minimum Gasteiger partial charge on any atom is -0.493 e. The van der Waals surface area contributed by atoms with Crippen LogP contribution >= 0.6 is 0 Å². The molecular formula is C23H18N2O5. The fourth-order valence-corrected chi connectivity index (χ4v) is 3.16. The number of carboxylic acid groups (broad SMARTS) is 1. The number of aliphatic carboxylic acids is 1. The predicted molar refractivity (Wildman–Crippen MR) is 112 cm³/mol. The molecule has 4 aromatic rings. The summed E-state index contributed by atoms with van der Waals surface area (Å²) in [7, 11) is 1.47. The van der Waals surface area contributed by atoms with Crippen LogP contribution in [0, 0.1) is 0 Å². The third kappa shape index (κ3) is 3.73. The number of hydrogen-bond acceptors (Lipinski definition) is 5. The third-order valence-corrected chi connectivity index (χ3v) is 4.62. The van der Waals surface area contributed by atoms with Gasteiger partial charge in [0.05, 0.1) is 18.0 Å². The molecule has 7 nitrogen and oxygen atoms in total. The number of fused-ring (bicyclic) bond motifs is 1. The molecule has 30 heavy (non-hydrogen) atoms. The second-order valence-electron chi connectivity index (χ2n) is 6.54. The van der Waals surface area contributed by atoms with Gasteiger partial charge in [0.15, 0.2) is 11.5 Å². The lowest BCUT2D eigenvalue weighted by Crippen LogP contribution is -2.18. The highest BCUT2D eigenvalue weighted by molar-refractivity contribution is 5.79. The summed E-state index contributed by atoms with van der Waals surface area (Å²) in [5, 5.41) is 10.2. The fourth-order valence-electron chi connectivity index (χ4n) is 3.16. The molecule has 3 aromatic carbocycles. The number of nitrogens with zero attached hydrogens (tertiary/aromatic N) is 1. The van der Waals surface area contributed by atoms with Crippen LogP contribution in [-0.2, 0) is 4.79 Å². The molecule has 0 aliphatic heterocycles. The zero-order valence-corrected chi connectivity index (χ0v) is 16.0. The average molecular weight is 402 g/mol. The van der Waals surface area contributed by atoms with Gasteiger partial charge in [-0.3, -0.25) is 4.79 Å². The molecule has 0 amide bonds. The number of benzene rings is 3. The summed E-state index contributed by atoms with van der Waals surface area (Å²) in [5.41, 5.74) is 1.35. The molecular weight excluding hydrogens is 384 g/mol. The summed E-state index contributed by atoms with van der Waals surface area (Å²) >= 11 is 0. The summed E-state index contributed by atoms with van der Waals surface area (Å²) in [6, 6.07) is 20.6. The largest absolute Gasteiger partial charge is 0.493 e. The van der Waals surface area contributed by atoms with Crippen molar-refractivity contribution in [3.8, 4) is 22.9 Å². The minimum absolute atomic E-state index is 0.224. The van der Waals surface area contributed by atoms with E-state index < -0.39 is 12.1 Å². The third-order valence-electron chi connectivity index (χ3n) is 4.62. The second kappa shape index (κ2) is 8.08. The van der Waals surface area contributed by atoms with E-state index in [4.69, 9.17) is 9.47 Å². The highest BCUT2D eigenvalue weighted by atomic mass is 16.5. The summed E-state index contributed by atoms with van der Waals surface area (Å²) in [4.78, 5) is 31.5. The van der Waals surface area contributed by atoms with Gasteiger partial charge in [0.1, 0.15) is 5.82 Å². The zero-order valence-electron chi connectivity index (χ0n) is 16.0. The molecule has 0 saturated carbocycles. The number of hydrogen-bond donors (Lipinski definition) is 2. The van der Waals surface area contributed by atoms with Crippen molar-refractivity contribution in [3.63, 3.8) is 0 Å². The maximum Gasteiger partial charge on any atom is 0.349 e. The van der Waals surface area contributed by atoms with E-state index >= 15 is 0 Å². The van der Waals surface area contributed by atoms with E-state index in [9.17, 15) is 14.7 Å². The molecule has 0 aliphatic carbocycles. The van der Waals surface area contributed by atoms with Gasteiger partial charge in [-0.15, -0.1) is 0 Å². The van der Waals surface area contributed by atoms with Crippen LogP contribution in [0.3, 0.4) is 0 Å². The van der Waals surface area contributed by atoms with E-state index in [-0.39, 0.29) is 11.3 Å². The first kappa shape index (κ1) is 19.2. The molecule has 1 atom stereocenters. The van der Waals surface area contributed by atoms with Crippen LogP contribution in [0.1, 0.15) is 11.7 Å². The van der Waals surface area contributed by atoms with Crippen molar-refractivity contribution in [3.05, 3.63) is 88.7 Å². The standard InChI is InChI=1S/C23H18N2O5/c1-29-18-12-11-15(21-24-17-10-6-5-9-16(17)22(26)25-21)13-19(18)30-20(23(27)28)14-7-3-2-4-8-14/h2-13,20H,1H3,(H,27,28)(H,24,25,26). The van der Waals surface area contributed by atoms with Gasteiger partial charge in [-0.1, -0.05) is 42.5 Å². The fraction of sp³-hybridized carbons (Fsp3) is 0.0870. The number of rotatable bonds is 6. The van der Waals surface area contributed by atoms with Crippen molar-refractivity contribution in [2.45, 2.75) is 6.10 Å². The number of methoxy groups -OCH3 is 1. The molecule has 0 saturated heterocycles. The van der Waals surface area contributed by atoms with Gasteiger partial charge >= 0.3 is 5.97 Å². The Bertz CT molecular complexity index is 1270. The molecule has 1 heterocycles. The van der Waals surface area contributed by atoms with Gasteiger partial charge in [-0.05, 0) is 30.3 Å². The van der Waals surface area contributed by atoms with Gasteiger partial charge in [0, 0.05) is 11.1 Å². The van der Waals surface area contributed by atoms with Gasteiger partial charge in [0.2, 0.25) is 6.10 Å². The molecule has 1 aromatic heterocycles. The summed E-state index contributed by atoms with van der Waals surface area (Å²) < 4.78 is 11.2. The number of aromatic nitrogens is 2. The zero-order chi connectivity index (χ0) is 21.1. The van der Waals surface area contributed by atoms with Gasteiger partial charge in [-0.2, -0.15) is 0 Å². The second-order valence-corrected chi connectivity index (χ2v) is 6.54. The van der Waals surface area contributed by atoms with Crippen molar-refractivity contribution in [2.75, 3.05) is 7.11 Å². The van der Waals surface area contributed by atoms with E-state index in [0.717, 1.165) is 0 Å². The Morgan fingerprint density at radius 2 is 1.73 bits per heavy atom. The Kier molecular flexibility index (Phi) is 5.17. The first-order chi connectivity index (χ1) is 14.6. The lowest BCUT2D eigenvalue weighted by atomic mass is 10.1. The number of nitrogens with one attached hydrogen (secondary N) is 1. The average Bonchev–Trinajstić information content (AvgIpc) is 2.77. The van der Waals surface area contributed by atoms with E-state index in [1.165, 1.54) is 7.11 Å². The maximum absolute atomic E-state index is 12.4. The Morgan fingerprint density at radius 3 is 2.47 bits per heavy atom.